The van der Waals surface area contributed by atoms with Crippen LogP contribution in [0.2, 0.25) is 0 Å². The molecule has 0 unspecified atom stereocenters. The molecule has 1 aromatic rings. The second-order valence-electron chi connectivity index (χ2n) is 3.21. The largest absolute Gasteiger partial charge is 0.493 e. The summed E-state index contributed by atoms with van der Waals surface area (Å²) in [4.78, 5) is 0. The van der Waals surface area contributed by atoms with E-state index in [2.05, 4.69) is 6.92 Å². The Morgan fingerprint density at radius 3 is 2.57 bits per heavy atom. The van der Waals surface area contributed by atoms with Crippen molar-refractivity contribution in [2.75, 3.05) is 13.2 Å². The summed E-state index contributed by atoms with van der Waals surface area (Å²) in [7, 11) is 0. The van der Waals surface area contributed by atoms with Gasteiger partial charge in [0.1, 0.15) is 11.5 Å². The van der Waals surface area contributed by atoms with Crippen LogP contribution in [0.25, 0.3) is 0 Å². The molecule has 0 aliphatic carbocycles. The smallest absolute Gasteiger partial charge is 0.125 e. The summed E-state index contributed by atoms with van der Waals surface area (Å²) >= 11 is 0. The van der Waals surface area contributed by atoms with Gasteiger partial charge in [0, 0.05) is 6.07 Å². The van der Waals surface area contributed by atoms with E-state index in [4.69, 9.17) is 9.47 Å². The SMILES string of the molecule is CCCOc1ccc(C)c(OCC)c1. The van der Waals surface area contributed by atoms with Gasteiger partial charge >= 0.3 is 0 Å². The number of rotatable bonds is 5. The number of hydrogen-bond donors (Lipinski definition) is 0. The molecule has 14 heavy (non-hydrogen) atoms. The van der Waals surface area contributed by atoms with Gasteiger partial charge in [-0.3, -0.25) is 0 Å². The third-order valence-electron chi connectivity index (χ3n) is 1.93. The van der Waals surface area contributed by atoms with Crippen LogP contribution in [0.5, 0.6) is 11.5 Å². The van der Waals surface area contributed by atoms with Gasteiger partial charge in [-0.25, -0.2) is 0 Å². The molecule has 0 spiro atoms. The fraction of sp³-hybridized carbons (Fsp3) is 0.500. The molecule has 0 saturated heterocycles. The van der Waals surface area contributed by atoms with Crippen molar-refractivity contribution in [1.82, 2.24) is 0 Å². The van der Waals surface area contributed by atoms with Gasteiger partial charge in [-0.15, -0.1) is 0 Å². The minimum atomic E-state index is 0.693. The molecule has 0 aromatic heterocycles. The molecule has 1 rings (SSSR count). The van der Waals surface area contributed by atoms with Gasteiger partial charge in [0.2, 0.25) is 0 Å². The number of ether oxygens (including phenoxy) is 2. The summed E-state index contributed by atoms with van der Waals surface area (Å²) in [6.45, 7) is 7.57. The van der Waals surface area contributed by atoms with E-state index in [-0.39, 0.29) is 0 Å². The van der Waals surface area contributed by atoms with Gasteiger partial charge in [-0.05, 0) is 31.9 Å². The molecule has 0 aliphatic heterocycles. The maximum atomic E-state index is 5.52. The lowest BCUT2D eigenvalue weighted by Gasteiger charge is -2.10. The van der Waals surface area contributed by atoms with E-state index in [1.54, 1.807) is 0 Å². The van der Waals surface area contributed by atoms with Crippen molar-refractivity contribution in [3.8, 4) is 11.5 Å². The molecule has 0 atom stereocenters. The standard InChI is InChI=1S/C12H18O2/c1-4-8-14-11-7-6-10(3)12(9-11)13-5-2/h6-7,9H,4-5,8H2,1-3H3. The molecule has 0 heterocycles. The molecule has 0 N–H and O–H groups in total. The van der Waals surface area contributed by atoms with E-state index in [0.29, 0.717) is 6.61 Å². The lowest BCUT2D eigenvalue weighted by Crippen LogP contribution is -1.98. The van der Waals surface area contributed by atoms with E-state index in [9.17, 15) is 0 Å². The number of benzene rings is 1. The fourth-order valence-electron chi connectivity index (χ4n) is 1.20. The Balaban J connectivity index is 2.72. The molecule has 0 aliphatic rings. The highest BCUT2D eigenvalue weighted by molar-refractivity contribution is 5.39. The van der Waals surface area contributed by atoms with Gasteiger partial charge < -0.3 is 9.47 Å². The molecule has 0 saturated carbocycles. The zero-order chi connectivity index (χ0) is 10.4. The third-order valence-corrected chi connectivity index (χ3v) is 1.93. The monoisotopic (exact) mass is 194 g/mol. The average molecular weight is 194 g/mol. The van der Waals surface area contributed by atoms with Crippen molar-refractivity contribution in [1.29, 1.82) is 0 Å². The predicted molar refractivity (Wildman–Crippen MR) is 58.1 cm³/mol. The summed E-state index contributed by atoms with van der Waals surface area (Å²) in [5.41, 5.74) is 1.15. The minimum Gasteiger partial charge on any atom is -0.493 e. The van der Waals surface area contributed by atoms with Crippen LogP contribution in [0.15, 0.2) is 18.2 Å². The second-order valence-corrected chi connectivity index (χ2v) is 3.21. The molecule has 2 nitrogen and oxygen atoms in total. The predicted octanol–water partition coefficient (Wildman–Crippen LogP) is 3.18. The Labute approximate surface area is 85.8 Å². The van der Waals surface area contributed by atoms with Crippen molar-refractivity contribution in [3.05, 3.63) is 23.8 Å². The molecule has 0 fully saturated rings. The summed E-state index contributed by atoms with van der Waals surface area (Å²) < 4.78 is 11.0. The molecule has 1 aromatic carbocycles. The Hall–Kier alpha value is -1.18. The highest BCUT2D eigenvalue weighted by Crippen LogP contribution is 2.24. The first-order chi connectivity index (χ1) is 6.77. The highest BCUT2D eigenvalue weighted by Gasteiger charge is 2.01. The molecule has 2 heteroatoms. The van der Waals surface area contributed by atoms with Crippen molar-refractivity contribution in [2.45, 2.75) is 27.2 Å². The average Bonchev–Trinajstić information content (AvgIpc) is 2.19. The third kappa shape index (κ3) is 2.95. The van der Waals surface area contributed by atoms with Crippen LogP contribution in [0.4, 0.5) is 0 Å². The number of aryl methyl sites for hydroxylation is 1. The van der Waals surface area contributed by atoms with E-state index in [1.807, 2.05) is 32.0 Å². The van der Waals surface area contributed by atoms with E-state index >= 15 is 0 Å². The minimum absolute atomic E-state index is 0.693. The maximum Gasteiger partial charge on any atom is 0.125 e. The van der Waals surface area contributed by atoms with E-state index in [1.165, 1.54) is 0 Å². The van der Waals surface area contributed by atoms with Gasteiger partial charge in [0.05, 0.1) is 13.2 Å². The Bertz CT molecular complexity index is 282. The normalized spacial score (nSPS) is 9.93. The quantitative estimate of drug-likeness (QED) is 0.716. The van der Waals surface area contributed by atoms with E-state index < -0.39 is 0 Å². The van der Waals surface area contributed by atoms with Crippen LogP contribution in [-0.2, 0) is 0 Å². The summed E-state index contributed by atoms with van der Waals surface area (Å²) in [6.07, 6.45) is 1.03. The molecule has 0 bridgehead atoms. The van der Waals surface area contributed by atoms with Crippen molar-refractivity contribution in [3.63, 3.8) is 0 Å². The molecule has 0 amide bonds. The van der Waals surface area contributed by atoms with E-state index in [0.717, 1.165) is 30.1 Å². The van der Waals surface area contributed by atoms with Crippen LogP contribution in [0, 0.1) is 6.92 Å². The lowest BCUT2D eigenvalue weighted by molar-refractivity contribution is 0.308. The maximum absolute atomic E-state index is 5.52. The molecule has 0 radical (unpaired) electrons. The van der Waals surface area contributed by atoms with Crippen LogP contribution in [-0.4, -0.2) is 13.2 Å². The lowest BCUT2D eigenvalue weighted by atomic mass is 10.2. The summed E-state index contributed by atoms with van der Waals surface area (Å²) in [6, 6.07) is 5.96. The first-order valence-electron chi connectivity index (χ1n) is 5.14. The van der Waals surface area contributed by atoms with Gasteiger partial charge in [0.25, 0.3) is 0 Å². The Kier molecular flexibility index (Phi) is 4.30. The van der Waals surface area contributed by atoms with Crippen LogP contribution in [0.1, 0.15) is 25.8 Å². The second kappa shape index (κ2) is 5.53. The molecular weight excluding hydrogens is 176 g/mol. The topological polar surface area (TPSA) is 18.5 Å². The zero-order valence-corrected chi connectivity index (χ0v) is 9.17. The Morgan fingerprint density at radius 2 is 1.93 bits per heavy atom. The van der Waals surface area contributed by atoms with Gasteiger partial charge in [-0.1, -0.05) is 13.0 Å². The highest BCUT2D eigenvalue weighted by atomic mass is 16.5. The van der Waals surface area contributed by atoms with Crippen molar-refractivity contribution in [2.24, 2.45) is 0 Å². The van der Waals surface area contributed by atoms with Gasteiger partial charge in [-0.2, -0.15) is 0 Å². The first kappa shape index (κ1) is 10.9. The molecular formula is C12H18O2. The van der Waals surface area contributed by atoms with Crippen LogP contribution < -0.4 is 9.47 Å². The fourth-order valence-corrected chi connectivity index (χ4v) is 1.20. The Morgan fingerprint density at radius 1 is 1.14 bits per heavy atom. The zero-order valence-electron chi connectivity index (χ0n) is 9.17. The van der Waals surface area contributed by atoms with Crippen molar-refractivity contribution >= 4 is 0 Å². The summed E-state index contributed by atoms with van der Waals surface area (Å²) in [5.74, 6) is 1.81. The van der Waals surface area contributed by atoms with Crippen LogP contribution >= 0.6 is 0 Å². The summed E-state index contributed by atoms with van der Waals surface area (Å²) in [5, 5.41) is 0. The van der Waals surface area contributed by atoms with Crippen LogP contribution in [0.3, 0.4) is 0 Å². The van der Waals surface area contributed by atoms with Crippen molar-refractivity contribution < 1.29 is 9.47 Å². The molecule has 78 valence electrons. The first-order valence-corrected chi connectivity index (χ1v) is 5.14. The number of hydrogen-bond acceptors (Lipinski definition) is 2. The van der Waals surface area contributed by atoms with Gasteiger partial charge in [0.15, 0.2) is 0 Å².